The fourth-order valence-electron chi connectivity index (χ4n) is 2.74. The Morgan fingerprint density at radius 3 is 2.66 bits per heavy atom. The normalized spacial score (nSPS) is 18.1. The molecule has 1 N–H and O–H groups in total. The summed E-state index contributed by atoms with van der Waals surface area (Å²) in [5.74, 6) is -1.46. The van der Waals surface area contributed by atoms with E-state index in [1.807, 2.05) is 0 Å². The van der Waals surface area contributed by atoms with Gasteiger partial charge in [0.2, 0.25) is 0 Å². The molecule has 1 aromatic rings. The molecule has 1 aromatic carbocycles. The molecule has 0 spiro atoms. The molecule has 0 saturated heterocycles. The monoisotopic (exact) mass is 417 g/mol. The van der Waals surface area contributed by atoms with Crippen molar-refractivity contribution in [2.24, 2.45) is 4.40 Å². The maximum atomic E-state index is 12.4. The van der Waals surface area contributed by atoms with Crippen LogP contribution in [-0.2, 0) is 24.3 Å². The first-order chi connectivity index (χ1) is 13.7. The van der Waals surface area contributed by atoms with Crippen molar-refractivity contribution in [3.8, 4) is 0 Å². The average Bonchev–Trinajstić information content (AvgIpc) is 2.67. The number of carbonyl (C=O) groups excluding carboxylic acids is 3. The smallest absolute Gasteiger partial charge is 0.340 e. The molecule has 0 fully saturated rings. The van der Waals surface area contributed by atoms with E-state index in [-0.39, 0.29) is 29.5 Å². The lowest BCUT2D eigenvalue weighted by molar-refractivity contribution is -0.149. The van der Waals surface area contributed by atoms with Crippen molar-refractivity contribution in [2.45, 2.75) is 20.0 Å². The van der Waals surface area contributed by atoms with Gasteiger partial charge in [-0.1, -0.05) is 12.1 Å². The van der Waals surface area contributed by atoms with Crippen LogP contribution in [0, 0.1) is 0 Å². The van der Waals surface area contributed by atoms with Crippen LogP contribution in [0.3, 0.4) is 0 Å². The highest BCUT2D eigenvalue weighted by atomic mass is 32.2. The number of para-hydroxylation sites is 1. The molecule has 1 atom stereocenters. The van der Waals surface area contributed by atoms with Gasteiger partial charge in [-0.3, -0.25) is 9.59 Å². The van der Waals surface area contributed by atoms with Crippen LogP contribution in [0.2, 0.25) is 0 Å². The molecule has 0 bridgehead atoms. The minimum absolute atomic E-state index is 0.155. The number of amides is 1. The van der Waals surface area contributed by atoms with Gasteiger partial charge in [0, 0.05) is 18.3 Å². The van der Waals surface area contributed by atoms with Crippen LogP contribution in [0.5, 0.6) is 0 Å². The van der Waals surface area contributed by atoms with E-state index >= 15 is 0 Å². The van der Waals surface area contributed by atoms with Gasteiger partial charge in [-0.2, -0.15) is 0 Å². The molecule has 29 heavy (non-hydrogen) atoms. The van der Waals surface area contributed by atoms with Gasteiger partial charge in [0.05, 0.1) is 17.0 Å². The largest absolute Gasteiger partial charge is 0.449 e. The third-order valence-corrected chi connectivity index (χ3v) is 5.44. The number of anilines is 1. The fourth-order valence-corrected chi connectivity index (χ4v) is 3.71. The Bertz CT molecular complexity index is 1070. The summed E-state index contributed by atoms with van der Waals surface area (Å²) in [4.78, 5) is 37.9. The van der Waals surface area contributed by atoms with E-state index in [0.29, 0.717) is 11.3 Å². The van der Waals surface area contributed by atoms with Crippen molar-refractivity contribution < 1.29 is 27.5 Å². The molecule has 152 valence electrons. The summed E-state index contributed by atoms with van der Waals surface area (Å²) in [5, 5.41) is 2.58. The standard InChI is InChI=1S/C19H19N3O6S/c1-12(23)15-5-3-4-6-16(15)20-18(24)13(2)28-19(25)14-7-8-17-21-29(26,27)10-9-22(17)11-14/h3-8,11,13H,9-10H2,1-2H3,(H,20,24). The van der Waals surface area contributed by atoms with E-state index in [4.69, 9.17) is 4.74 Å². The second-order valence-corrected chi connectivity index (χ2v) is 8.24. The predicted molar refractivity (Wildman–Crippen MR) is 106 cm³/mol. The number of rotatable bonds is 5. The number of ketones is 1. The van der Waals surface area contributed by atoms with Gasteiger partial charge < -0.3 is 15.0 Å². The zero-order chi connectivity index (χ0) is 21.2. The predicted octanol–water partition coefficient (Wildman–Crippen LogP) is 1.26. The number of carbonyl (C=O) groups is 3. The minimum atomic E-state index is -3.49. The first-order valence-electron chi connectivity index (χ1n) is 8.77. The first kappa shape index (κ1) is 20.5. The zero-order valence-electron chi connectivity index (χ0n) is 15.8. The molecule has 2 aliphatic rings. The van der Waals surface area contributed by atoms with Crippen molar-refractivity contribution in [2.75, 3.05) is 17.6 Å². The van der Waals surface area contributed by atoms with Gasteiger partial charge in [0.1, 0.15) is 5.84 Å². The van der Waals surface area contributed by atoms with Gasteiger partial charge in [-0.15, -0.1) is 4.40 Å². The lowest BCUT2D eigenvalue weighted by Gasteiger charge is -2.27. The number of sulfonamides is 1. The number of hydrogen-bond donors (Lipinski definition) is 1. The number of hydrogen-bond acceptors (Lipinski definition) is 7. The Hall–Kier alpha value is -3.27. The van der Waals surface area contributed by atoms with Crippen LogP contribution < -0.4 is 5.32 Å². The van der Waals surface area contributed by atoms with Gasteiger partial charge in [-0.25, -0.2) is 13.2 Å². The Morgan fingerprint density at radius 2 is 1.93 bits per heavy atom. The number of nitrogens with one attached hydrogen (secondary N) is 1. The summed E-state index contributed by atoms with van der Waals surface area (Å²) in [6, 6.07) is 6.53. The van der Waals surface area contributed by atoms with E-state index in [0.717, 1.165) is 0 Å². The number of esters is 1. The summed E-state index contributed by atoms with van der Waals surface area (Å²) >= 11 is 0. The quantitative estimate of drug-likeness (QED) is 0.565. The topological polar surface area (TPSA) is 122 Å². The molecule has 2 aliphatic heterocycles. The number of fused-ring (bicyclic) bond motifs is 1. The van der Waals surface area contributed by atoms with E-state index in [9.17, 15) is 22.8 Å². The number of amidine groups is 1. The van der Waals surface area contributed by atoms with Gasteiger partial charge in [0.15, 0.2) is 11.9 Å². The molecule has 1 unspecified atom stereocenters. The fraction of sp³-hybridized carbons (Fsp3) is 0.263. The second-order valence-electron chi connectivity index (χ2n) is 6.49. The Kier molecular flexibility index (Phi) is 5.64. The third kappa shape index (κ3) is 4.77. The highest BCUT2D eigenvalue weighted by molar-refractivity contribution is 7.90. The summed E-state index contributed by atoms with van der Waals surface area (Å²) in [6.07, 6.45) is 3.11. The summed E-state index contributed by atoms with van der Waals surface area (Å²) in [6.45, 7) is 2.97. The van der Waals surface area contributed by atoms with Crippen LogP contribution in [-0.4, -0.2) is 55.2 Å². The van der Waals surface area contributed by atoms with Gasteiger partial charge >= 0.3 is 5.97 Å². The number of benzene rings is 1. The number of ether oxygens (including phenoxy) is 1. The Balaban J connectivity index is 1.66. The molecule has 2 heterocycles. The lowest BCUT2D eigenvalue weighted by atomic mass is 10.1. The van der Waals surface area contributed by atoms with Gasteiger partial charge in [-0.05, 0) is 38.1 Å². The van der Waals surface area contributed by atoms with E-state index < -0.39 is 28.0 Å². The minimum Gasteiger partial charge on any atom is -0.449 e. The lowest BCUT2D eigenvalue weighted by Crippen LogP contribution is -2.37. The molecule has 0 aliphatic carbocycles. The Labute approximate surface area is 167 Å². The molecule has 3 rings (SSSR count). The highest BCUT2D eigenvalue weighted by Crippen LogP contribution is 2.18. The van der Waals surface area contributed by atoms with Crippen LogP contribution in [0.4, 0.5) is 5.69 Å². The number of Topliss-reactive ketones (excluding diaryl/α,β-unsaturated/α-hetero) is 1. The Morgan fingerprint density at radius 1 is 1.21 bits per heavy atom. The molecule has 10 heteroatoms. The van der Waals surface area contributed by atoms with Crippen molar-refractivity contribution in [1.82, 2.24) is 4.90 Å². The molecular formula is C19H19N3O6S. The van der Waals surface area contributed by atoms with Crippen molar-refractivity contribution >= 4 is 39.2 Å². The number of nitrogens with zero attached hydrogens (tertiary/aromatic N) is 2. The van der Waals surface area contributed by atoms with E-state index in [2.05, 4.69) is 9.71 Å². The van der Waals surface area contributed by atoms with Crippen molar-refractivity contribution in [1.29, 1.82) is 0 Å². The first-order valence-corrected chi connectivity index (χ1v) is 10.4. The molecule has 0 radical (unpaired) electrons. The van der Waals surface area contributed by atoms with Crippen LogP contribution in [0.15, 0.2) is 52.6 Å². The maximum absolute atomic E-state index is 12.4. The third-order valence-electron chi connectivity index (χ3n) is 4.28. The second kappa shape index (κ2) is 8.00. The molecule has 0 saturated carbocycles. The van der Waals surface area contributed by atoms with E-state index in [1.165, 1.54) is 37.1 Å². The zero-order valence-corrected chi connectivity index (χ0v) is 16.6. The molecule has 0 aromatic heterocycles. The summed E-state index contributed by atoms with van der Waals surface area (Å²) in [7, 11) is -3.49. The van der Waals surface area contributed by atoms with Gasteiger partial charge in [0.25, 0.3) is 15.9 Å². The van der Waals surface area contributed by atoms with Crippen LogP contribution in [0.25, 0.3) is 0 Å². The van der Waals surface area contributed by atoms with E-state index in [1.54, 1.807) is 24.3 Å². The highest BCUT2D eigenvalue weighted by Gasteiger charge is 2.27. The summed E-state index contributed by atoms with van der Waals surface area (Å²) < 4.78 is 31.9. The SMILES string of the molecule is CC(=O)c1ccccc1NC(=O)C(C)OC(=O)C1=CN2CCS(=O)(=O)N=C2C=C1. The van der Waals surface area contributed by atoms with Crippen molar-refractivity contribution in [3.05, 3.63) is 53.8 Å². The van der Waals surface area contributed by atoms with Crippen LogP contribution >= 0.6 is 0 Å². The van der Waals surface area contributed by atoms with Crippen LogP contribution in [0.1, 0.15) is 24.2 Å². The molecular weight excluding hydrogens is 398 g/mol. The molecule has 9 nitrogen and oxygen atoms in total. The average molecular weight is 417 g/mol. The summed E-state index contributed by atoms with van der Waals surface area (Å²) in [5.41, 5.74) is 0.844. The van der Waals surface area contributed by atoms with Crippen molar-refractivity contribution in [3.63, 3.8) is 0 Å². The maximum Gasteiger partial charge on any atom is 0.340 e. The molecule has 1 amide bonds.